The Hall–Kier alpha value is -2.01. The number of hydrogen-bond acceptors (Lipinski definition) is 3. The van der Waals surface area contributed by atoms with Gasteiger partial charge in [-0.3, -0.25) is 9.59 Å². The van der Waals surface area contributed by atoms with Gasteiger partial charge in [0.15, 0.2) is 0 Å². The first kappa shape index (κ1) is 17.4. The summed E-state index contributed by atoms with van der Waals surface area (Å²) in [6.45, 7) is 1.14. The van der Waals surface area contributed by atoms with Crippen molar-refractivity contribution < 1.29 is 9.59 Å². The van der Waals surface area contributed by atoms with Crippen LogP contribution in [0.15, 0.2) is 53.2 Å². The van der Waals surface area contributed by atoms with Crippen molar-refractivity contribution in [1.29, 1.82) is 0 Å². The summed E-state index contributed by atoms with van der Waals surface area (Å²) in [7, 11) is 0. The molecular weight excluding hydrogens is 395 g/mol. The summed E-state index contributed by atoms with van der Waals surface area (Å²) in [6.07, 6.45) is 0.781. The molecule has 0 saturated carbocycles. The highest BCUT2D eigenvalue weighted by atomic mass is 35.5. The molecule has 0 saturated heterocycles. The van der Waals surface area contributed by atoms with E-state index in [1.165, 1.54) is 5.56 Å². The fraction of sp³-hybridized carbons (Fsp3) is 0.158. The van der Waals surface area contributed by atoms with Crippen molar-refractivity contribution in [2.24, 2.45) is 0 Å². The van der Waals surface area contributed by atoms with Crippen LogP contribution in [-0.2, 0) is 22.6 Å². The van der Waals surface area contributed by atoms with Gasteiger partial charge in [-0.15, -0.1) is 0 Å². The maximum absolute atomic E-state index is 13.0. The summed E-state index contributed by atoms with van der Waals surface area (Å²) in [5.41, 5.74) is 2.81. The maximum Gasteiger partial charge on any atom is 0.283 e. The molecule has 2 amide bonds. The number of imide groups is 1. The molecule has 0 spiro atoms. The van der Waals surface area contributed by atoms with Crippen LogP contribution in [0.5, 0.6) is 0 Å². The Morgan fingerprint density at radius 1 is 0.846 bits per heavy atom. The number of benzene rings is 2. The van der Waals surface area contributed by atoms with E-state index in [4.69, 9.17) is 34.8 Å². The van der Waals surface area contributed by atoms with Crippen molar-refractivity contribution in [2.75, 3.05) is 11.4 Å². The van der Waals surface area contributed by atoms with Crippen LogP contribution in [0, 0.1) is 0 Å². The number of carbonyl (C=O) groups excluding carboxylic acids is 2. The van der Waals surface area contributed by atoms with E-state index < -0.39 is 11.8 Å². The second kappa shape index (κ2) is 6.62. The molecule has 26 heavy (non-hydrogen) atoms. The Kier molecular flexibility index (Phi) is 4.43. The van der Waals surface area contributed by atoms with Gasteiger partial charge in [-0.2, -0.15) is 0 Å². The van der Waals surface area contributed by atoms with Gasteiger partial charge in [-0.25, -0.2) is 4.90 Å². The van der Waals surface area contributed by atoms with E-state index in [0.29, 0.717) is 13.1 Å². The first-order chi connectivity index (χ1) is 12.5. The lowest BCUT2D eigenvalue weighted by atomic mass is 9.99. The van der Waals surface area contributed by atoms with Crippen LogP contribution >= 0.6 is 34.8 Å². The predicted octanol–water partition coefficient (Wildman–Crippen LogP) is 4.38. The van der Waals surface area contributed by atoms with Crippen LogP contribution < -0.4 is 4.90 Å². The van der Waals surface area contributed by atoms with E-state index in [0.717, 1.165) is 16.9 Å². The monoisotopic (exact) mass is 406 g/mol. The van der Waals surface area contributed by atoms with Gasteiger partial charge in [0.25, 0.3) is 11.8 Å². The first-order valence-electron chi connectivity index (χ1n) is 8.03. The fourth-order valence-corrected chi connectivity index (χ4v) is 4.00. The third-order valence-electron chi connectivity index (χ3n) is 4.62. The van der Waals surface area contributed by atoms with E-state index in [1.807, 2.05) is 23.1 Å². The maximum atomic E-state index is 13.0. The van der Waals surface area contributed by atoms with Crippen LogP contribution in [0.3, 0.4) is 0 Å². The Morgan fingerprint density at radius 2 is 1.58 bits per heavy atom. The first-order valence-corrected chi connectivity index (χ1v) is 9.16. The van der Waals surface area contributed by atoms with Gasteiger partial charge in [-0.05, 0) is 29.7 Å². The van der Waals surface area contributed by atoms with Crippen LogP contribution in [-0.4, -0.2) is 23.3 Å². The molecule has 2 aromatic rings. The average Bonchev–Trinajstić information content (AvgIpc) is 2.86. The van der Waals surface area contributed by atoms with Crippen LogP contribution in [0.25, 0.3) is 0 Å². The van der Waals surface area contributed by atoms with E-state index in [1.54, 1.807) is 18.2 Å². The third kappa shape index (κ3) is 2.69. The van der Waals surface area contributed by atoms with Crippen molar-refractivity contribution in [3.05, 3.63) is 74.4 Å². The topological polar surface area (TPSA) is 40.6 Å². The fourth-order valence-electron chi connectivity index (χ4n) is 3.34. The number of fused-ring (bicyclic) bond motifs is 1. The molecule has 132 valence electrons. The van der Waals surface area contributed by atoms with E-state index in [2.05, 4.69) is 6.07 Å². The number of carbonyl (C=O) groups is 2. The Morgan fingerprint density at radius 3 is 2.35 bits per heavy atom. The zero-order valence-electron chi connectivity index (χ0n) is 13.5. The summed E-state index contributed by atoms with van der Waals surface area (Å²) in [5, 5.41) is 0.317. The molecule has 0 radical (unpaired) electrons. The summed E-state index contributed by atoms with van der Waals surface area (Å²) in [4.78, 5) is 28.5. The molecule has 0 unspecified atom stereocenters. The largest absolute Gasteiger partial charge is 0.361 e. The zero-order chi connectivity index (χ0) is 18.4. The summed E-state index contributed by atoms with van der Waals surface area (Å²) in [6, 6.07) is 12.8. The zero-order valence-corrected chi connectivity index (χ0v) is 15.8. The van der Waals surface area contributed by atoms with Gasteiger partial charge in [0.05, 0.1) is 15.7 Å². The number of nitrogens with zero attached hydrogens (tertiary/aromatic N) is 2. The minimum Gasteiger partial charge on any atom is -0.361 e. The molecule has 4 rings (SSSR count). The van der Waals surface area contributed by atoms with Gasteiger partial charge in [0.2, 0.25) is 0 Å². The van der Waals surface area contributed by atoms with Crippen LogP contribution in [0.2, 0.25) is 10.0 Å². The minimum absolute atomic E-state index is 0.0922. The average molecular weight is 408 g/mol. The summed E-state index contributed by atoms with van der Waals surface area (Å²) in [5.74, 6) is -1.07. The molecule has 2 aromatic carbocycles. The molecule has 0 aliphatic carbocycles. The lowest BCUT2D eigenvalue weighted by molar-refractivity contribution is -0.121. The van der Waals surface area contributed by atoms with Crippen molar-refractivity contribution in [2.45, 2.75) is 13.0 Å². The number of amides is 2. The molecule has 2 aliphatic rings. The van der Waals surface area contributed by atoms with Crippen LogP contribution in [0.1, 0.15) is 11.1 Å². The second-order valence-electron chi connectivity index (χ2n) is 6.12. The molecule has 2 heterocycles. The Balaban J connectivity index is 1.69. The highest BCUT2D eigenvalue weighted by Crippen LogP contribution is 2.38. The Bertz CT molecular complexity index is 971. The van der Waals surface area contributed by atoms with Gasteiger partial charge >= 0.3 is 0 Å². The highest BCUT2D eigenvalue weighted by molar-refractivity contribution is 6.54. The molecule has 0 atom stereocenters. The summed E-state index contributed by atoms with van der Waals surface area (Å²) >= 11 is 18.5. The molecule has 0 bridgehead atoms. The molecule has 0 aromatic heterocycles. The van der Waals surface area contributed by atoms with E-state index in [9.17, 15) is 9.59 Å². The lowest BCUT2D eigenvalue weighted by Crippen LogP contribution is -2.37. The highest BCUT2D eigenvalue weighted by Gasteiger charge is 2.42. The lowest BCUT2D eigenvalue weighted by Gasteiger charge is -2.31. The second-order valence-corrected chi connectivity index (χ2v) is 7.28. The van der Waals surface area contributed by atoms with Crippen molar-refractivity contribution >= 4 is 52.3 Å². The number of halogens is 3. The molecule has 2 aliphatic heterocycles. The molecule has 0 N–H and O–H groups in total. The molecule has 0 fully saturated rings. The predicted molar refractivity (Wildman–Crippen MR) is 102 cm³/mol. The van der Waals surface area contributed by atoms with Crippen LogP contribution in [0.4, 0.5) is 5.69 Å². The van der Waals surface area contributed by atoms with Crippen molar-refractivity contribution in [3.8, 4) is 0 Å². The summed E-state index contributed by atoms with van der Waals surface area (Å²) < 4.78 is 0. The van der Waals surface area contributed by atoms with E-state index >= 15 is 0 Å². The number of hydrogen-bond donors (Lipinski definition) is 0. The normalized spacial score (nSPS) is 17.2. The van der Waals surface area contributed by atoms with Gasteiger partial charge in [0, 0.05) is 13.1 Å². The van der Waals surface area contributed by atoms with Gasteiger partial charge in [-0.1, -0.05) is 65.1 Å². The quantitative estimate of drug-likeness (QED) is 0.694. The van der Waals surface area contributed by atoms with Gasteiger partial charge in [0.1, 0.15) is 10.7 Å². The van der Waals surface area contributed by atoms with Gasteiger partial charge < -0.3 is 4.90 Å². The smallest absolute Gasteiger partial charge is 0.283 e. The standard InChI is InChI=1S/C19H13Cl3N2O2/c20-13-6-3-7-14(15(13)21)24-18(25)16(22)17(19(24)26)23-9-8-11-4-1-2-5-12(11)10-23/h1-7H,8-10H2. The minimum atomic E-state index is -0.588. The number of anilines is 1. The SMILES string of the molecule is O=C1C(Cl)=C(N2CCc3ccccc3C2)C(=O)N1c1cccc(Cl)c1Cl. The third-order valence-corrected chi connectivity index (χ3v) is 5.77. The Labute approximate surface area is 165 Å². The molecule has 4 nitrogen and oxygen atoms in total. The number of rotatable bonds is 2. The van der Waals surface area contributed by atoms with Crippen molar-refractivity contribution in [3.63, 3.8) is 0 Å². The van der Waals surface area contributed by atoms with Crippen molar-refractivity contribution in [1.82, 2.24) is 4.90 Å². The van der Waals surface area contributed by atoms with E-state index in [-0.39, 0.29) is 26.5 Å². The molecular formula is C19H13Cl3N2O2. The molecule has 7 heteroatoms.